The molecule has 0 saturated carbocycles. The molecule has 0 spiro atoms. The Balaban J connectivity index is 1.55. The normalized spacial score (nSPS) is 11.6. The molecule has 0 saturated heterocycles. The predicted molar refractivity (Wildman–Crippen MR) is 114 cm³/mol. The van der Waals surface area contributed by atoms with Gasteiger partial charge in [-0.05, 0) is 31.9 Å². The second kappa shape index (κ2) is 9.98. The number of hydrogen-bond donors (Lipinski definition) is 2. The number of thiazole rings is 1. The van der Waals surface area contributed by atoms with Crippen molar-refractivity contribution in [3.05, 3.63) is 58.2 Å². The molecule has 148 valence electrons. The highest BCUT2D eigenvalue weighted by Crippen LogP contribution is 2.13. The maximum absolute atomic E-state index is 4.66. The highest BCUT2D eigenvalue weighted by atomic mass is 32.1. The molecule has 3 heterocycles. The van der Waals surface area contributed by atoms with Gasteiger partial charge in [0.1, 0.15) is 11.6 Å². The Bertz CT molecular complexity index is 895. The van der Waals surface area contributed by atoms with Crippen LogP contribution in [0.25, 0.3) is 5.82 Å². The molecule has 0 aliphatic heterocycles. The second-order valence-electron chi connectivity index (χ2n) is 6.31. The van der Waals surface area contributed by atoms with Crippen LogP contribution in [0.3, 0.4) is 0 Å². The molecule has 0 aliphatic carbocycles. The molecule has 2 N–H and O–H groups in total. The molecule has 0 bridgehead atoms. The van der Waals surface area contributed by atoms with Gasteiger partial charge >= 0.3 is 0 Å². The summed E-state index contributed by atoms with van der Waals surface area (Å²) in [6.45, 7) is 8.38. The highest BCUT2D eigenvalue weighted by Gasteiger charge is 2.04. The fourth-order valence-corrected chi connectivity index (χ4v) is 3.56. The Morgan fingerprint density at radius 3 is 2.68 bits per heavy atom. The van der Waals surface area contributed by atoms with Crippen molar-refractivity contribution in [2.45, 2.75) is 40.2 Å². The number of nitrogens with one attached hydrogen (secondary N) is 2. The summed E-state index contributed by atoms with van der Waals surface area (Å²) in [5.74, 6) is 2.59. The average Bonchev–Trinajstić information content (AvgIpc) is 3.35. The van der Waals surface area contributed by atoms with E-state index in [-0.39, 0.29) is 0 Å². The van der Waals surface area contributed by atoms with Crippen LogP contribution >= 0.6 is 11.3 Å². The predicted octanol–water partition coefficient (Wildman–Crippen LogP) is 2.89. The molecule has 0 aliphatic rings. The van der Waals surface area contributed by atoms with E-state index in [0.29, 0.717) is 6.54 Å². The molecule has 3 rings (SSSR count). The van der Waals surface area contributed by atoms with Crippen molar-refractivity contribution in [3.63, 3.8) is 0 Å². The lowest BCUT2D eigenvalue weighted by atomic mass is 10.3. The third-order valence-corrected chi connectivity index (χ3v) is 5.43. The monoisotopic (exact) mass is 397 g/mol. The molecule has 3 aromatic rings. The third-order valence-electron chi connectivity index (χ3n) is 4.23. The van der Waals surface area contributed by atoms with Gasteiger partial charge in [-0.2, -0.15) is 0 Å². The summed E-state index contributed by atoms with van der Waals surface area (Å²) in [5, 5.41) is 7.83. The van der Waals surface area contributed by atoms with E-state index >= 15 is 0 Å². The highest BCUT2D eigenvalue weighted by molar-refractivity contribution is 7.11. The molecule has 0 unspecified atom stereocenters. The van der Waals surface area contributed by atoms with Crippen LogP contribution in [-0.4, -0.2) is 38.6 Å². The number of pyridine rings is 1. The van der Waals surface area contributed by atoms with Crippen LogP contribution in [0.2, 0.25) is 0 Å². The van der Waals surface area contributed by atoms with Gasteiger partial charge in [0.15, 0.2) is 5.96 Å². The zero-order valence-electron chi connectivity index (χ0n) is 16.6. The second-order valence-corrected chi connectivity index (χ2v) is 7.51. The number of hydrogen-bond acceptors (Lipinski definition) is 5. The van der Waals surface area contributed by atoms with Crippen LogP contribution in [0, 0.1) is 6.92 Å². The molecule has 0 radical (unpaired) electrons. The summed E-state index contributed by atoms with van der Waals surface area (Å²) in [5.41, 5.74) is 1.06. The Labute approximate surface area is 170 Å². The molecule has 8 heteroatoms. The van der Waals surface area contributed by atoms with E-state index in [1.807, 2.05) is 36.1 Å². The van der Waals surface area contributed by atoms with Crippen LogP contribution in [0.5, 0.6) is 0 Å². The molecule has 0 amide bonds. The smallest absolute Gasteiger partial charge is 0.191 e. The van der Waals surface area contributed by atoms with E-state index < -0.39 is 0 Å². The number of aryl methyl sites for hydroxylation is 2. The lowest BCUT2D eigenvalue weighted by molar-refractivity contribution is 0.796. The minimum absolute atomic E-state index is 0.572. The first-order chi connectivity index (χ1) is 13.7. The minimum Gasteiger partial charge on any atom is -0.357 e. The van der Waals surface area contributed by atoms with E-state index in [4.69, 9.17) is 0 Å². The van der Waals surface area contributed by atoms with Crippen LogP contribution in [0.1, 0.15) is 35.1 Å². The number of guanidine groups is 1. The van der Waals surface area contributed by atoms with Gasteiger partial charge in [0.05, 0.1) is 11.6 Å². The summed E-state index contributed by atoms with van der Waals surface area (Å²) in [4.78, 5) is 19.2. The van der Waals surface area contributed by atoms with Crippen molar-refractivity contribution in [1.82, 2.24) is 30.2 Å². The minimum atomic E-state index is 0.572. The van der Waals surface area contributed by atoms with Crippen LogP contribution in [-0.2, 0) is 19.4 Å². The molecule has 3 aromatic heterocycles. The molecular weight excluding hydrogens is 370 g/mol. The molecule has 0 atom stereocenters. The average molecular weight is 398 g/mol. The van der Waals surface area contributed by atoms with Crippen LogP contribution in [0.4, 0.5) is 0 Å². The maximum Gasteiger partial charge on any atom is 0.191 e. The van der Waals surface area contributed by atoms with Crippen molar-refractivity contribution in [2.75, 3.05) is 13.1 Å². The van der Waals surface area contributed by atoms with E-state index in [1.54, 1.807) is 17.5 Å². The van der Waals surface area contributed by atoms with Crippen molar-refractivity contribution in [1.29, 1.82) is 0 Å². The van der Waals surface area contributed by atoms with Gasteiger partial charge in [-0.25, -0.2) is 19.9 Å². The van der Waals surface area contributed by atoms with Crippen LogP contribution < -0.4 is 10.6 Å². The lowest BCUT2D eigenvalue weighted by Gasteiger charge is -2.11. The molecule has 0 fully saturated rings. The van der Waals surface area contributed by atoms with Gasteiger partial charge in [0, 0.05) is 49.2 Å². The summed E-state index contributed by atoms with van der Waals surface area (Å²) < 4.78 is 1.96. The fourth-order valence-electron chi connectivity index (χ4n) is 2.70. The molecule has 7 nitrogen and oxygen atoms in total. The summed E-state index contributed by atoms with van der Waals surface area (Å²) in [6, 6.07) is 4.05. The van der Waals surface area contributed by atoms with Gasteiger partial charge in [-0.1, -0.05) is 13.0 Å². The zero-order valence-corrected chi connectivity index (χ0v) is 17.5. The van der Waals surface area contributed by atoms with E-state index in [0.717, 1.165) is 54.1 Å². The molecular formula is C20H27N7S. The largest absolute Gasteiger partial charge is 0.357 e. The number of aliphatic imine (C=N–C) groups is 1. The van der Waals surface area contributed by atoms with Crippen molar-refractivity contribution in [3.8, 4) is 5.82 Å². The number of rotatable bonds is 8. The van der Waals surface area contributed by atoms with Crippen molar-refractivity contribution < 1.29 is 0 Å². The lowest BCUT2D eigenvalue weighted by Crippen LogP contribution is -2.38. The Hall–Kier alpha value is -2.74. The summed E-state index contributed by atoms with van der Waals surface area (Å²) in [6.07, 6.45) is 9.47. The first-order valence-electron chi connectivity index (χ1n) is 9.60. The van der Waals surface area contributed by atoms with Gasteiger partial charge < -0.3 is 10.6 Å². The standard InChI is InChI=1S/C20H27N7S/c1-4-17-14-25-19(28-17)8-9-23-20(21-5-2)26-13-16-6-7-18(24-12-16)27-11-10-22-15(27)3/h6-7,10-12,14H,4-5,8-9,13H2,1-3H3,(H2,21,23,26). The number of nitrogens with zero attached hydrogens (tertiary/aromatic N) is 5. The Morgan fingerprint density at radius 1 is 1.14 bits per heavy atom. The quantitative estimate of drug-likeness (QED) is 0.451. The van der Waals surface area contributed by atoms with E-state index in [2.05, 4.69) is 50.5 Å². The third kappa shape index (κ3) is 5.39. The first-order valence-corrected chi connectivity index (χ1v) is 10.4. The maximum atomic E-state index is 4.66. The van der Waals surface area contributed by atoms with E-state index in [1.165, 1.54) is 4.88 Å². The topological polar surface area (TPSA) is 80.0 Å². The van der Waals surface area contributed by atoms with E-state index in [9.17, 15) is 0 Å². The summed E-state index contributed by atoms with van der Waals surface area (Å²) >= 11 is 1.78. The number of aromatic nitrogens is 4. The van der Waals surface area contributed by atoms with Gasteiger partial charge in [0.2, 0.25) is 0 Å². The first kappa shape index (κ1) is 20.0. The molecule has 0 aromatic carbocycles. The van der Waals surface area contributed by atoms with Crippen molar-refractivity contribution >= 4 is 17.3 Å². The SMILES string of the molecule is CCNC(=NCc1ccc(-n2ccnc2C)nc1)NCCc1ncc(CC)s1. The van der Waals surface area contributed by atoms with Gasteiger partial charge in [-0.3, -0.25) is 4.57 Å². The van der Waals surface area contributed by atoms with Crippen LogP contribution in [0.15, 0.2) is 41.9 Å². The summed E-state index contributed by atoms with van der Waals surface area (Å²) in [7, 11) is 0. The van der Waals surface area contributed by atoms with Gasteiger partial charge in [-0.15, -0.1) is 11.3 Å². The number of imidazole rings is 1. The van der Waals surface area contributed by atoms with Crippen molar-refractivity contribution in [2.24, 2.45) is 4.99 Å². The van der Waals surface area contributed by atoms with Gasteiger partial charge in [0.25, 0.3) is 0 Å². The zero-order chi connectivity index (χ0) is 19.8. The Morgan fingerprint density at radius 2 is 2.04 bits per heavy atom. The fraction of sp³-hybridized carbons (Fsp3) is 0.400. The molecule has 28 heavy (non-hydrogen) atoms. The Kier molecular flexibility index (Phi) is 7.13.